The lowest BCUT2D eigenvalue weighted by Gasteiger charge is -2.08. The zero-order chi connectivity index (χ0) is 17.1. The minimum Gasteiger partial charge on any atom is -0.480 e. The normalized spacial score (nSPS) is 11.5. The summed E-state index contributed by atoms with van der Waals surface area (Å²) in [6.45, 7) is 8.09. The van der Waals surface area contributed by atoms with Gasteiger partial charge in [0, 0.05) is 17.8 Å². The largest absolute Gasteiger partial charge is 0.480 e. The molecule has 6 heteroatoms. The summed E-state index contributed by atoms with van der Waals surface area (Å²) in [6.07, 6.45) is 3.39. The molecule has 0 spiro atoms. The van der Waals surface area contributed by atoms with Gasteiger partial charge in [-0.3, -0.25) is 4.79 Å². The minimum absolute atomic E-state index is 0.0538. The van der Waals surface area contributed by atoms with E-state index >= 15 is 0 Å². The molecule has 0 radical (unpaired) electrons. The number of halogens is 2. The van der Waals surface area contributed by atoms with E-state index in [2.05, 4.69) is 11.9 Å². The number of rotatable bonds is 7. The van der Waals surface area contributed by atoms with Crippen molar-refractivity contribution < 1.29 is 14.3 Å². The highest BCUT2D eigenvalue weighted by Crippen LogP contribution is 2.19. The van der Waals surface area contributed by atoms with E-state index in [4.69, 9.17) is 22.4 Å². The molecule has 4 nitrogen and oxygen atoms in total. The van der Waals surface area contributed by atoms with Gasteiger partial charge in [0.2, 0.25) is 0 Å². The molecule has 0 amide bonds. The molecule has 1 aromatic rings. The van der Waals surface area contributed by atoms with Gasteiger partial charge in [0.05, 0.1) is 5.02 Å². The minimum atomic E-state index is -1.05. The number of allylic oxidation sites excluding steroid dienone is 1. The molecule has 4 N–H and O–H groups in total. The third-order valence-corrected chi connectivity index (χ3v) is 2.86. The summed E-state index contributed by atoms with van der Waals surface area (Å²) < 4.78 is 13.6. The van der Waals surface area contributed by atoms with Crippen LogP contribution in [0.5, 0.6) is 0 Å². The molecular formula is C16H22ClFN2O2. The van der Waals surface area contributed by atoms with Crippen molar-refractivity contribution in [2.45, 2.75) is 26.3 Å². The number of carbonyl (C=O) groups is 1. The van der Waals surface area contributed by atoms with Crippen LogP contribution >= 0.6 is 11.6 Å². The van der Waals surface area contributed by atoms with Crippen molar-refractivity contribution in [2.75, 3.05) is 6.54 Å². The summed E-state index contributed by atoms with van der Waals surface area (Å²) in [7, 11) is 0. The van der Waals surface area contributed by atoms with Gasteiger partial charge in [0.15, 0.2) is 0 Å². The number of hydrogen-bond donors (Lipinski definition) is 3. The van der Waals surface area contributed by atoms with Crippen LogP contribution in [0.15, 0.2) is 36.6 Å². The first-order valence-corrected chi connectivity index (χ1v) is 7.33. The maximum absolute atomic E-state index is 13.6. The topological polar surface area (TPSA) is 75.3 Å². The Bertz CT molecular complexity index is 533. The van der Waals surface area contributed by atoms with Crippen molar-refractivity contribution in [3.05, 3.63) is 53.0 Å². The van der Waals surface area contributed by atoms with Crippen molar-refractivity contribution in [1.29, 1.82) is 0 Å². The molecule has 0 aliphatic heterocycles. The van der Waals surface area contributed by atoms with Crippen molar-refractivity contribution >= 4 is 23.6 Å². The Balaban J connectivity index is 0.00000211. The molecule has 0 fully saturated rings. The zero-order valence-electron chi connectivity index (χ0n) is 12.8. The lowest BCUT2D eigenvalue weighted by molar-refractivity contribution is -0.138. The second-order valence-electron chi connectivity index (χ2n) is 4.16. The van der Waals surface area contributed by atoms with Crippen LogP contribution in [-0.4, -0.2) is 23.7 Å². The van der Waals surface area contributed by atoms with Crippen molar-refractivity contribution in [3.8, 4) is 0 Å². The van der Waals surface area contributed by atoms with Crippen LogP contribution in [0.1, 0.15) is 25.8 Å². The van der Waals surface area contributed by atoms with E-state index in [1.165, 1.54) is 12.1 Å². The van der Waals surface area contributed by atoms with Crippen LogP contribution < -0.4 is 11.1 Å². The van der Waals surface area contributed by atoms with Gasteiger partial charge in [-0.1, -0.05) is 44.2 Å². The van der Waals surface area contributed by atoms with E-state index in [1.807, 2.05) is 13.8 Å². The van der Waals surface area contributed by atoms with Crippen LogP contribution in [0.25, 0.3) is 6.08 Å². The number of nitrogens with one attached hydrogen (secondary N) is 1. The fourth-order valence-electron chi connectivity index (χ4n) is 1.41. The molecule has 122 valence electrons. The summed E-state index contributed by atoms with van der Waals surface area (Å²) >= 11 is 5.66. The number of nitrogens with two attached hydrogens (primary N) is 1. The summed E-state index contributed by atoms with van der Waals surface area (Å²) in [4.78, 5) is 10.5. The lowest BCUT2D eigenvalue weighted by atomic mass is 10.2. The predicted molar refractivity (Wildman–Crippen MR) is 89.2 cm³/mol. The van der Waals surface area contributed by atoms with Crippen LogP contribution in [0.4, 0.5) is 4.39 Å². The van der Waals surface area contributed by atoms with Gasteiger partial charge in [-0.2, -0.15) is 0 Å². The second-order valence-corrected chi connectivity index (χ2v) is 4.57. The van der Waals surface area contributed by atoms with E-state index in [1.54, 1.807) is 18.2 Å². The zero-order valence-corrected chi connectivity index (χ0v) is 13.5. The van der Waals surface area contributed by atoms with Gasteiger partial charge >= 0.3 is 5.97 Å². The van der Waals surface area contributed by atoms with E-state index in [0.717, 1.165) is 0 Å². The van der Waals surface area contributed by atoms with Crippen molar-refractivity contribution in [2.24, 2.45) is 5.73 Å². The van der Waals surface area contributed by atoms with E-state index in [0.29, 0.717) is 17.8 Å². The van der Waals surface area contributed by atoms with Crippen LogP contribution in [0, 0.1) is 5.82 Å². The number of carboxylic acid groups (broad SMARTS) is 1. The smallest absolute Gasteiger partial charge is 0.320 e. The van der Waals surface area contributed by atoms with Crippen LogP contribution in [0.2, 0.25) is 5.02 Å². The number of benzene rings is 1. The third-order valence-electron chi connectivity index (χ3n) is 2.57. The standard InChI is InChI=1S/C14H16ClFN2O2.C2H6/c1-9(18-8-7-12(17)14(19)20)5-6-10-3-2-4-11(15)13(10)16;1-2/h2-6,12,18H,1,7-8,17H2,(H,19,20);1-2H3/b6-5+;. The molecule has 0 aromatic heterocycles. The monoisotopic (exact) mass is 328 g/mol. The van der Waals surface area contributed by atoms with Gasteiger partial charge in [0.25, 0.3) is 0 Å². The molecule has 1 unspecified atom stereocenters. The summed E-state index contributed by atoms with van der Waals surface area (Å²) in [5, 5.41) is 11.6. The SMILES string of the molecule is C=C(/C=C/c1cccc(Cl)c1F)NCCC(N)C(=O)O.CC. The Labute approximate surface area is 135 Å². The first-order valence-electron chi connectivity index (χ1n) is 6.95. The second kappa shape index (κ2) is 10.8. The van der Waals surface area contributed by atoms with Gasteiger partial charge < -0.3 is 16.2 Å². The fourth-order valence-corrected chi connectivity index (χ4v) is 1.59. The highest BCUT2D eigenvalue weighted by molar-refractivity contribution is 6.30. The molecule has 0 heterocycles. The molecule has 1 aromatic carbocycles. The van der Waals surface area contributed by atoms with Crippen molar-refractivity contribution in [1.82, 2.24) is 5.32 Å². The first-order chi connectivity index (χ1) is 10.4. The summed E-state index contributed by atoms with van der Waals surface area (Å²) in [6, 6.07) is 3.79. The summed E-state index contributed by atoms with van der Waals surface area (Å²) in [5.41, 5.74) is 6.23. The van der Waals surface area contributed by atoms with Gasteiger partial charge in [-0.05, 0) is 24.6 Å². The van der Waals surface area contributed by atoms with E-state index < -0.39 is 17.8 Å². The Morgan fingerprint density at radius 1 is 1.55 bits per heavy atom. The Hall–Kier alpha value is -1.85. The van der Waals surface area contributed by atoms with E-state index in [9.17, 15) is 9.18 Å². The predicted octanol–water partition coefficient (Wildman–Crippen LogP) is 3.42. The molecule has 1 atom stereocenters. The quantitative estimate of drug-likeness (QED) is 0.670. The number of hydrogen-bond acceptors (Lipinski definition) is 3. The van der Waals surface area contributed by atoms with Gasteiger partial charge in [0.1, 0.15) is 11.9 Å². The van der Waals surface area contributed by atoms with Gasteiger partial charge in [-0.25, -0.2) is 4.39 Å². The highest BCUT2D eigenvalue weighted by Gasteiger charge is 2.09. The van der Waals surface area contributed by atoms with Crippen LogP contribution in [0.3, 0.4) is 0 Å². The molecule has 1 rings (SSSR count). The molecular weight excluding hydrogens is 307 g/mol. The Kier molecular flexibility index (Phi) is 9.91. The number of aliphatic carboxylic acids is 1. The Morgan fingerprint density at radius 2 is 2.18 bits per heavy atom. The van der Waals surface area contributed by atoms with E-state index in [-0.39, 0.29) is 11.4 Å². The highest BCUT2D eigenvalue weighted by atomic mass is 35.5. The average Bonchev–Trinajstić information content (AvgIpc) is 2.50. The average molecular weight is 329 g/mol. The van der Waals surface area contributed by atoms with Crippen molar-refractivity contribution in [3.63, 3.8) is 0 Å². The summed E-state index contributed by atoms with van der Waals surface area (Å²) in [5.74, 6) is -1.54. The molecule has 22 heavy (non-hydrogen) atoms. The van der Waals surface area contributed by atoms with Crippen LogP contribution in [-0.2, 0) is 4.79 Å². The lowest BCUT2D eigenvalue weighted by Crippen LogP contribution is -2.33. The molecule has 0 saturated carbocycles. The third kappa shape index (κ3) is 7.24. The maximum Gasteiger partial charge on any atom is 0.320 e. The Morgan fingerprint density at radius 3 is 2.77 bits per heavy atom. The molecule has 0 aliphatic rings. The molecule has 0 bridgehead atoms. The number of carboxylic acids is 1. The fraction of sp³-hybridized carbons (Fsp3) is 0.312. The van der Waals surface area contributed by atoms with Gasteiger partial charge in [-0.15, -0.1) is 0 Å². The molecule has 0 aliphatic carbocycles. The first kappa shape index (κ1) is 20.1. The maximum atomic E-state index is 13.6. The molecule has 0 saturated heterocycles.